The zero-order chi connectivity index (χ0) is 40.1. The third kappa shape index (κ3) is 10.6. The molecule has 0 bridgehead atoms. The van der Waals surface area contributed by atoms with E-state index in [9.17, 15) is 10.2 Å². The van der Waals surface area contributed by atoms with Gasteiger partial charge in [-0.2, -0.15) is 0 Å². The molecule has 1 aliphatic heterocycles. The van der Waals surface area contributed by atoms with Crippen LogP contribution in [-0.2, 0) is 56.5 Å². The van der Waals surface area contributed by atoms with Crippen molar-refractivity contribution < 1.29 is 38.6 Å². The Balaban J connectivity index is 1.29. The normalized spacial score (nSPS) is 19.2. The van der Waals surface area contributed by atoms with Crippen molar-refractivity contribution in [2.75, 3.05) is 13.2 Å². The van der Waals surface area contributed by atoms with Crippen molar-refractivity contribution in [2.45, 2.75) is 70.3 Å². The number of aromatic hydroxyl groups is 2. The fraction of sp³-hybridized carbons (Fsp3) is 0.265. The number of hydrogen-bond acceptors (Lipinski definition) is 8. The minimum Gasteiger partial charge on any atom is -0.504 e. The number of ether oxygens (including phenoxy) is 6. The van der Waals surface area contributed by atoms with Crippen molar-refractivity contribution in [3.63, 3.8) is 0 Å². The lowest BCUT2D eigenvalue weighted by molar-refractivity contribution is -0.275. The van der Waals surface area contributed by atoms with Gasteiger partial charge in [-0.15, -0.1) is 0 Å². The van der Waals surface area contributed by atoms with Crippen LogP contribution in [0.25, 0.3) is 0 Å². The summed E-state index contributed by atoms with van der Waals surface area (Å²) in [6.45, 7) is 3.74. The molecule has 0 saturated carbocycles. The van der Waals surface area contributed by atoms with Crippen molar-refractivity contribution in [1.82, 2.24) is 0 Å². The van der Waals surface area contributed by atoms with Gasteiger partial charge >= 0.3 is 0 Å². The molecule has 8 nitrogen and oxygen atoms in total. The van der Waals surface area contributed by atoms with E-state index in [2.05, 4.69) is 0 Å². The van der Waals surface area contributed by atoms with Gasteiger partial charge in [0, 0.05) is 5.56 Å². The third-order valence-corrected chi connectivity index (χ3v) is 10.6. The number of phenolic OH excluding ortho intramolecular Hbond substituents is 2. The maximum Gasteiger partial charge on any atom is 0.177 e. The summed E-state index contributed by atoms with van der Waals surface area (Å²) < 4.78 is 39.6. The van der Waals surface area contributed by atoms with Gasteiger partial charge in [-0.1, -0.05) is 145 Å². The molecule has 6 aromatic carbocycles. The van der Waals surface area contributed by atoms with Crippen molar-refractivity contribution in [1.29, 1.82) is 0 Å². The first-order valence-electron chi connectivity index (χ1n) is 19.7. The summed E-state index contributed by atoms with van der Waals surface area (Å²) >= 11 is 6.77. The zero-order valence-electron chi connectivity index (χ0n) is 32.5. The van der Waals surface area contributed by atoms with Crippen molar-refractivity contribution in [3.8, 4) is 17.2 Å². The molecule has 5 atom stereocenters. The summed E-state index contributed by atoms with van der Waals surface area (Å²) in [5.41, 5.74) is 5.75. The fourth-order valence-corrected chi connectivity index (χ4v) is 7.40. The van der Waals surface area contributed by atoms with E-state index in [4.69, 9.17) is 40.0 Å². The van der Waals surface area contributed by atoms with Crippen molar-refractivity contribution >= 4 is 11.6 Å². The Morgan fingerprint density at radius 3 is 1.55 bits per heavy atom. The number of benzene rings is 6. The first-order valence-corrected chi connectivity index (χ1v) is 20.0. The number of hydrogen-bond donors (Lipinski definition) is 2. The second-order valence-corrected chi connectivity index (χ2v) is 14.6. The Morgan fingerprint density at radius 1 is 0.552 bits per heavy atom. The fourth-order valence-electron chi connectivity index (χ4n) is 7.19. The molecule has 1 heterocycles. The maximum atomic E-state index is 11.8. The summed E-state index contributed by atoms with van der Waals surface area (Å²) in [7, 11) is 0. The molecule has 0 aromatic heterocycles. The van der Waals surface area contributed by atoms with Crippen molar-refractivity contribution in [2.24, 2.45) is 0 Å². The average Bonchev–Trinajstić information content (AvgIpc) is 3.27. The summed E-state index contributed by atoms with van der Waals surface area (Å²) in [6.07, 6.45) is -3.52. The second kappa shape index (κ2) is 20.5. The van der Waals surface area contributed by atoms with E-state index in [0.717, 1.165) is 33.6 Å². The standard InChI is InChI=1S/C49H49ClO8/c1-2-54-40-25-23-34(24-26-40)27-39-28-41(44(51)45(52)43(39)50)46-48(56-31-37-19-11-5-12-20-37)49(57-32-38-21-13-6-14-22-38)47(55-30-36-17-9-4-10-18-36)42(58-46)33-53-29-35-15-7-3-8-16-35/h3-26,28,42,46-49,51-52H,2,27,29-33H2,1H3/t42-,46+,47-,48+,49+/m1/s1. The van der Waals surface area contributed by atoms with Crippen LogP contribution in [0.2, 0.25) is 5.02 Å². The van der Waals surface area contributed by atoms with Gasteiger partial charge in [0.25, 0.3) is 0 Å². The molecule has 2 N–H and O–H groups in total. The lowest BCUT2D eigenvalue weighted by Gasteiger charge is -2.46. The Hall–Kier alpha value is -5.19. The minimum absolute atomic E-state index is 0.0522. The zero-order valence-corrected chi connectivity index (χ0v) is 33.2. The summed E-state index contributed by atoms with van der Waals surface area (Å²) in [6, 6.07) is 49.1. The Bertz CT molecular complexity index is 2140. The van der Waals surface area contributed by atoms with Gasteiger partial charge in [-0.05, 0) is 64.9 Å². The number of phenols is 2. The first-order chi connectivity index (χ1) is 28.5. The minimum atomic E-state index is -0.950. The molecule has 1 saturated heterocycles. The highest BCUT2D eigenvalue weighted by Gasteiger charge is 2.50. The van der Waals surface area contributed by atoms with Crippen LogP contribution in [0.3, 0.4) is 0 Å². The van der Waals surface area contributed by atoms with Gasteiger partial charge in [0.05, 0.1) is 44.7 Å². The highest BCUT2D eigenvalue weighted by Crippen LogP contribution is 2.47. The molecule has 9 heteroatoms. The predicted octanol–water partition coefficient (Wildman–Crippen LogP) is 10.2. The molecule has 6 aromatic rings. The molecule has 7 rings (SSSR count). The molecule has 0 aliphatic carbocycles. The number of halogens is 1. The van der Waals surface area contributed by atoms with Crippen molar-refractivity contribution in [3.05, 3.63) is 196 Å². The van der Waals surface area contributed by atoms with Crippen LogP contribution < -0.4 is 4.74 Å². The van der Waals surface area contributed by atoms with E-state index in [-0.39, 0.29) is 31.5 Å². The van der Waals surface area contributed by atoms with Crippen LogP contribution in [0.4, 0.5) is 0 Å². The summed E-state index contributed by atoms with van der Waals surface area (Å²) in [5, 5.41) is 23.2. The first kappa shape index (κ1) is 41.0. The Kier molecular flexibility index (Phi) is 14.5. The van der Waals surface area contributed by atoms with E-state index >= 15 is 0 Å². The molecule has 1 aliphatic rings. The number of rotatable bonds is 18. The van der Waals surface area contributed by atoms with Crippen LogP contribution in [0.15, 0.2) is 152 Å². The van der Waals surface area contributed by atoms with Crippen LogP contribution in [0, 0.1) is 0 Å². The molecule has 0 amide bonds. The van der Waals surface area contributed by atoms with Gasteiger partial charge in [0.15, 0.2) is 11.5 Å². The molecule has 0 radical (unpaired) electrons. The van der Waals surface area contributed by atoms with Gasteiger partial charge < -0.3 is 38.6 Å². The average molecular weight is 801 g/mol. The quantitative estimate of drug-likeness (QED) is 0.0830. The van der Waals surface area contributed by atoms with Gasteiger partial charge in [0.2, 0.25) is 0 Å². The molecular weight excluding hydrogens is 752 g/mol. The largest absolute Gasteiger partial charge is 0.504 e. The monoisotopic (exact) mass is 800 g/mol. The van der Waals surface area contributed by atoms with Gasteiger partial charge in [-0.25, -0.2) is 0 Å². The molecule has 300 valence electrons. The summed E-state index contributed by atoms with van der Waals surface area (Å²) in [4.78, 5) is 0. The predicted molar refractivity (Wildman–Crippen MR) is 224 cm³/mol. The lowest BCUT2D eigenvalue weighted by atomic mass is 9.88. The van der Waals surface area contributed by atoms with E-state index in [1.54, 1.807) is 6.07 Å². The van der Waals surface area contributed by atoms with E-state index in [0.29, 0.717) is 30.8 Å². The lowest BCUT2D eigenvalue weighted by Crippen LogP contribution is -2.58. The smallest absolute Gasteiger partial charge is 0.177 e. The van der Waals surface area contributed by atoms with Crippen LogP contribution >= 0.6 is 11.6 Å². The SMILES string of the molecule is CCOc1ccc(Cc2cc([C@@H]3O[C@H](COCc4ccccc4)[C@@H](OCc4ccccc4)[C@H](OCc4ccccc4)[C@H]3OCc3ccccc3)c(O)c(O)c2Cl)cc1. The van der Waals surface area contributed by atoms with Gasteiger partial charge in [0.1, 0.15) is 36.3 Å². The second-order valence-electron chi connectivity index (χ2n) is 14.3. The highest BCUT2D eigenvalue weighted by atomic mass is 35.5. The van der Waals surface area contributed by atoms with E-state index in [1.165, 1.54) is 0 Å². The summed E-state index contributed by atoms with van der Waals surface area (Å²) in [5.74, 6) is -0.0773. The Morgan fingerprint density at radius 2 is 1.03 bits per heavy atom. The van der Waals surface area contributed by atoms with Crippen LogP contribution in [0.5, 0.6) is 17.2 Å². The van der Waals surface area contributed by atoms with E-state index in [1.807, 2.05) is 153 Å². The van der Waals surface area contributed by atoms with Crippen LogP contribution in [-0.4, -0.2) is 47.8 Å². The topological polar surface area (TPSA) is 95.8 Å². The Labute approximate surface area is 345 Å². The molecule has 1 fully saturated rings. The molecular formula is C49H49ClO8. The molecule has 58 heavy (non-hydrogen) atoms. The molecule has 0 unspecified atom stereocenters. The maximum absolute atomic E-state index is 11.8. The van der Waals surface area contributed by atoms with E-state index < -0.39 is 42.0 Å². The molecule has 0 spiro atoms. The third-order valence-electron chi connectivity index (χ3n) is 10.1. The van der Waals surface area contributed by atoms with Crippen LogP contribution in [0.1, 0.15) is 52.0 Å². The highest BCUT2D eigenvalue weighted by molar-refractivity contribution is 6.33. The van der Waals surface area contributed by atoms with Gasteiger partial charge in [-0.3, -0.25) is 0 Å².